The van der Waals surface area contributed by atoms with Crippen LogP contribution in [0.15, 0.2) is 59.1 Å². The molecular formula is C31H36N6O7. The largest absolute Gasteiger partial charge is 0.510 e. The Morgan fingerprint density at radius 1 is 1.11 bits per heavy atom. The van der Waals surface area contributed by atoms with Crippen LogP contribution in [0, 0.1) is 17.2 Å². The Morgan fingerprint density at radius 2 is 1.77 bits per heavy atom. The zero-order valence-corrected chi connectivity index (χ0v) is 24.8. The number of carbonyl (C=O) groups is 3. The SMILES string of the molecule is CN(C)c1cc(NC(=N)NCc2ccccc2)c(O)c2c1C[C@H]1C[C@H]3[C@H](N(C)C)C(O)=C(C(N)=O)C(=O)[C@@]3(O)C(O)=C1C2=O. The second-order valence-electron chi connectivity index (χ2n) is 11.8. The summed E-state index contributed by atoms with van der Waals surface area (Å²) in [6.45, 7) is 0.333. The number of benzene rings is 2. The summed E-state index contributed by atoms with van der Waals surface area (Å²) in [7, 11) is 6.68. The molecule has 44 heavy (non-hydrogen) atoms. The maximum absolute atomic E-state index is 14.1. The van der Waals surface area contributed by atoms with Gasteiger partial charge in [0, 0.05) is 37.8 Å². The van der Waals surface area contributed by atoms with Gasteiger partial charge in [0.2, 0.25) is 5.78 Å². The third-order valence-corrected chi connectivity index (χ3v) is 8.75. The summed E-state index contributed by atoms with van der Waals surface area (Å²) in [6.07, 6.45) is 0.146. The van der Waals surface area contributed by atoms with Gasteiger partial charge in [0.05, 0.1) is 17.3 Å². The van der Waals surface area contributed by atoms with Crippen molar-refractivity contribution in [2.75, 3.05) is 38.4 Å². The van der Waals surface area contributed by atoms with Crippen molar-refractivity contribution in [1.29, 1.82) is 5.41 Å². The highest BCUT2D eigenvalue weighted by Gasteiger charge is 2.63. The molecule has 0 unspecified atom stereocenters. The number of likely N-dealkylation sites (N-methyl/N-ethyl adjacent to an activating group) is 1. The summed E-state index contributed by atoms with van der Waals surface area (Å²) in [5, 5.41) is 59.7. The van der Waals surface area contributed by atoms with Gasteiger partial charge in [0.1, 0.15) is 17.1 Å². The number of ketones is 2. The van der Waals surface area contributed by atoms with E-state index in [1.807, 2.05) is 30.3 Å². The first-order valence-corrected chi connectivity index (χ1v) is 14.0. The summed E-state index contributed by atoms with van der Waals surface area (Å²) >= 11 is 0. The predicted octanol–water partition coefficient (Wildman–Crippen LogP) is 1.32. The number of allylic oxidation sites excluding steroid dienone is 1. The molecule has 232 valence electrons. The highest BCUT2D eigenvalue weighted by Crippen LogP contribution is 2.53. The third kappa shape index (κ3) is 4.64. The lowest BCUT2D eigenvalue weighted by atomic mass is 9.58. The first-order chi connectivity index (χ1) is 20.7. The lowest BCUT2D eigenvalue weighted by Crippen LogP contribution is -2.63. The van der Waals surface area contributed by atoms with Crippen molar-refractivity contribution in [1.82, 2.24) is 10.2 Å². The normalized spacial score (nSPS) is 24.5. The molecule has 2 aromatic carbocycles. The Morgan fingerprint density at radius 3 is 2.36 bits per heavy atom. The average molecular weight is 605 g/mol. The number of nitrogens with zero attached hydrogens (tertiary/aromatic N) is 2. The van der Waals surface area contributed by atoms with Crippen LogP contribution in [-0.2, 0) is 22.6 Å². The Balaban J connectivity index is 1.59. The Hall–Kier alpha value is -4.88. The summed E-state index contributed by atoms with van der Waals surface area (Å²) < 4.78 is 0. The quantitative estimate of drug-likeness (QED) is 0.102. The maximum atomic E-state index is 14.1. The van der Waals surface area contributed by atoms with Gasteiger partial charge in [-0.3, -0.25) is 24.7 Å². The molecule has 3 aliphatic rings. The molecule has 0 saturated heterocycles. The van der Waals surface area contributed by atoms with E-state index in [-0.39, 0.29) is 35.6 Å². The number of phenols is 1. The van der Waals surface area contributed by atoms with E-state index in [1.165, 1.54) is 4.90 Å². The maximum Gasteiger partial charge on any atom is 0.255 e. The highest BCUT2D eigenvalue weighted by atomic mass is 16.3. The van der Waals surface area contributed by atoms with Gasteiger partial charge in [-0.05, 0) is 50.0 Å². The molecule has 1 amide bonds. The molecule has 4 atom stereocenters. The van der Waals surface area contributed by atoms with Gasteiger partial charge in [-0.2, -0.15) is 0 Å². The molecule has 0 aliphatic heterocycles. The number of carbonyl (C=O) groups excluding carboxylic acids is 3. The van der Waals surface area contributed by atoms with E-state index in [9.17, 15) is 34.8 Å². The highest BCUT2D eigenvalue weighted by molar-refractivity contribution is 6.25. The molecule has 5 rings (SSSR count). The van der Waals surface area contributed by atoms with E-state index in [0.29, 0.717) is 17.8 Å². The van der Waals surface area contributed by atoms with Gasteiger partial charge in [-0.1, -0.05) is 30.3 Å². The fourth-order valence-electron chi connectivity index (χ4n) is 6.76. The number of nitrogens with one attached hydrogen (secondary N) is 3. The van der Waals surface area contributed by atoms with Gasteiger partial charge in [0.15, 0.2) is 23.1 Å². The van der Waals surface area contributed by atoms with Gasteiger partial charge >= 0.3 is 0 Å². The smallest absolute Gasteiger partial charge is 0.255 e. The molecule has 3 aliphatic carbocycles. The van der Waals surface area contributed by atoms with Crippen LogP contribution < -0.4 is 21.3 Å². The molecule has 0 aromatic heterocycles. The molecule has 0 saturated carbocycles. The van der Waals surface area contributed by atoms with E-state index in [2.05, 4.69) is 10.6 Å². The fraction of sp³-hybridized carbons (Fsp3) is 0.355. The van der Waals surface area contributed by atoms with Crippen LogP contribution in [0.2, 0.25) is 0 Å². The molecule has 2 aromatic rings. The number of aliphatic hydroxyl groups excluding tert-OH is 2. The molecule has 9 N–H and O–H groups in total. The van der Waals surface area contributed by atoms with Crippen LogP contribution in [-0.4, -0.2) is 88.6 Å². The minimum atomic E-state index is -2.72. The molecule has 13 heteroatoms. The zero-order valence-electron chi connectivity index (χ0n) is 24.8. The number of aromatic hydroxyl groups is 1. The van der Waals surface area contributed by atoms with Gasteiger partial charge in [0.25, 0.3) is 5.91 Å². The molecule has 0 heterocycles. The average Bonchev–Trinajstić information content (AvgIpc) is 2.95. The molecule has 0 fully saturated rings. The number of nitrogens with two attached hydrogens (primary N) is 1. The Labute approximate surface area is 253 Å². The number of guanidine groups is 1. The number of hydrogen-bond acceptors (Lipinski definition) is 10. The van der Waals surface area contributed by atoms with Crippen molar-refractivity contribution in [2.45, 2.75) is 31.0 Å². The van der Waals surface area contributed by atoms with Crippen LogP contribution in [0.1, 0.15) is 27.9 Å². The number of aliphatic hydroxyl groups is 3. The minimum absolute atomic E-state index is 0.00650. The standard InChI is InChI=1S/C31H36N6O7/c1-36(2)19-12-18(35-30(33)34-13-14-8-6-5-7-9-14)24(38)21-16(19)10-15-11-17-23(37(3)4)26(40)22(29(32)43)28(42)31(17,44)27(41)20(15)25(21)39/h5-9,12,15,17,23,38,40-41,44H,10-11,13H2,1-4H3,(H2,32,43)(H3,33,34,35)/t15-,17-,23-,31-/m0/s1. The van der Waals surface area contributed by atoms with E-state index in [1.54, 1.807) is 39.2 Å². The van der Waals surface area contributed by atoms with Gasteiger partial charge < -0.3 is 41.7 Å². The molecule has 13 nitrogen and oxygen atoms in total. The second kappa shape index (κ2) is 11.0. The van der Waals surface area contributed by atoms with Crippen molar-refractivity contribution in [2.24, 2.45) is 17.6 Å². The van der Waals surface area contributed by atoms with Crippen LogP contribution in [0.4, 0.5) is 11.4 Å². The van der Waals surface area contributed by atoms with Crippen LogP contribution >= 0.6 is 0 Å². The van der Waals surface area contributed by atoms with E-state index < -0.39 is 63.8 Å². The number of fused-ring (bicyclic) bond motifs is 3. The predicted molar refractivity (Wildman–Crippen MR) is 163 cm³/mol. The second-order valence-corrected chi connectivity index (χ2v) is 11.8. The van der Waals surface area contributed by atoms with Crippen LogP contribution in [0.3, 0.4) is 0 Å². The lowest BCUT2D eigenvalue weighted by Gasteiger charge is -2.50. The monoisotopic (exact) mass is 604 g/mol. The lowest BCUT2D eigenvalue weighted by molar-refractivity contribution is -0.148. The van der Waals surface area contributed by atoms with Crippen LogP contribution in [0.25, 0.3) is 0 Å². The van der Waals surface area contributed by atoms with Crippen molar-refractivity contribution in [3.63, 3.8) is 0 Å². The molecular weight excluding hydrogens is 568 g/mol. The number of anilines is 2. The first kappa shape index (κ1) is 30.6. The number of primary amides is 1. The summed E-state index contributed by atoms with van der Waals surface area (Å²) in [5.41, 5.74) is 3.47. The van der Waals surface area contributed by atoms with Gasteiger partial charge in [-0.25, -0.2) is 0 Å². The van der Waals surface area contributed by atoms with Crippen molar-refractivity contribution >= 4 is 34.8 Å². The summed E-state index contributed by atoms with van der Waals surface area (Å²) in [6, 6.07) is 9.95. The van der Waals surface area contributed by atoms with Crippen molar-refractivity contribution in [3.05, 3.63) is 75.8 Å². The third-order valence-electron chi connectivity index (χ3n) is 8.75. The summed E-state index contributed by atoms with van der Waals surface area (Å²) in [5.74, 6) is -7.33. The number of amides is 1. The summed E-state index contributed by atoms with van der Waals surface area (Å²) in [4.78, 5) is 43.1. The van der Waals surface area contributed by atoms with E-state index >= 15 is 0 Å². The number of phenolic OH excluding ortho intramolecular Hbond substituents is 1. The van der Waals surface area contributed by atoms with Crippen molar-refractivity contribution < 1.29 is 34.8 Å². The minimum Gasteiger partial charge on any atom is -0.510 e. The Bertz CT molecular complexity index is 1650. The topological polar surface area (TPSA) is 213 Å². The van der Waals surface area contributed by atoms with Crippen LogP contribution in [0.5, 0.6) is 5.75 Å². The van der Waals surface area contributed by atoms with Gasteiger partial charge in [-0.15, -0.1) is 0 Å². The first-order valence-electron chi connectivity index (χ1n) is 14.0. The molecule has 0 radical (unpaired) electrons. The van der Waals surface area contributed by atoms with E-state index in [0.717, 1.165) is 5.56 Å². The molecule has 0 spiro atoms. The van der Waals surface area contributed by atoms with Crippen molar-refractivity contribution in [3.8, 4) is 5.75 Å². The Kier molecular flexibility index (Phi) is 7.64. The van der Waals surface area contributed by atoms with E-state index in [4.69, 9.17) is 11.1 Å². The number of hydrogen-bond donors (Lipinski definition) is 8. The number of Topliss-reactive ketones (excluding diaryl/α,β-unsaturated/α-hetero) is 2. The molecule has 0 bridgehead atoms. The fourth-order valence-corrected chi connectivity index (χ4v) is 6.76. The number of rotatable bonds is 6. The zero-order chi connectivity index (χ0) is 32.2.